The molecule has 156 valence electrons. The molecule has 0 saturated carbocycles. The van der Waals surface area contributed by atoms with Crippen LogP contribution in [0.1, 0.15) is 53.0 Å². The number of rotatable bonds is 6. The van der Waals surface area contributed by atoms with Crippen molar-refractivity contribution in [3.63, 3.8) is 0 Å². The smallest absolute Gasteiger partial charge is 0.341 e. The lowest BCUT2D eigenvalue weighted by atomic mass is 9.98. The summed E-state index contributed by atoms with van der Waals surface area (Å²) in [6.07, 6.45) is 0. The van der Waals surface area contributed by atoms with Crippen LogP contribution in [-0.4, -0.2) is 18.5 Å². The van der Waals surface area contributed by atoms with Crippen molar-refractivity contribution in [2.24, 2.45) is 0 Å². The molecule has 1 aromatic heterocycles. The lowest BCUT2D eigenvalue weighted by Gasteiger charge is -2.10. The van der Waals surface area contributed by atoms with E-state index in [2.05, 4.69) is 19.2 Å². The number of esters is 1. The minimum atomic E-state index is -1.12. The molecular weight excluding hydrogens is 408 g/mol. The number of thiophene rings is 1. The van der Waals surface area contributed by atoms with Crippen LogP contribution in [-0.2, 0) is 4.74 Å². The summed E-state index contributed by atoms with van der Waals surface area (Å²) in [6.45, 7) is 6.06. The maximum atomic E-state index is 13.5. The molecule has 0 radical (unpaired) electrons. The van der Waals surface area contributed by atoms with Gasteiger partial charge >= 0.3 is 5.97 Å². The first-order valence-electron chi connectivity index (χ1n) is 9.47. The van der Waals surface area contributed by atoms with Gasteiger partial charge in [-0.25, -0.2) is 13.6 Å². The Labute approximate surface area is 177 Å². The number of hydrogen-bond donors (Lipinski definition) is 1. The van der Waals surface area contributed by atoms with Crippen LogP contribution in [0.15, 0.2) is 47.8 Å². The van der Waals surface area contributed by atoms with E-state index in [0.29, 0.717) is 11.5 Å². The zero-order chi connectivity index (χ0) is 21.8. The van der Waals surface area contributed by atoms with Crippen molar-refractivity contribution in [1.82, 2.24) is 0 Å². The molecule has 0 saturated heterocycles. The summed E-state index contributed by atoms with van der Waals surface area (Å²) in [5.41, 5.74) is 2.79. The third-order valence-electron chi connectivity index (χ3n) is 4.57. The van der Waals surface area contributed by atoms with Gasteiger partial charge in [-0.2, -0.15) is 0 Å². The van der Waals surface area contributed by atoms with Gasteiger partial charge in [0.05, 0.1) is 6.61 Å². The van der Waals surface area contributed by atoms with Gasteiger partial charge in [-0.05, 0) is 42.2 Å². The third kappa shape index (κ3) is 4.57. The average Bonchev–Trinajstić information content (AvgIpc) is 3.13. The summed E-state index contributed by atoms with van der Waals surface area (Å²) >= 11 is 1.17. The first-order chi connectivity index (χ1) is 14.3. The molecular formula is C23H21F2NO3S. The second kappa shape index (κ2) is 9.17. The Bertz CT molecular complexity index is 1070. The number of halogens is 2. The molecule has 7 heteroatoms. The molecule has 0 bridgehead atoms. The van der Waals surface area contributed by atoms with Gasteiger partial charge in [-0.1, -0.05) is 38.1 Å². The SMILES string of the molecule is CCOC(=O)c1c(-c2ccc(C(C)C)cc2)csc1NC(=O)c1ccc(F)c(F)c1. The highest BCUT2D eigenvalue weighted by molar-refractivity contribution is 7.15. The monoisotopic (exact) mass is 429 g/mol. The Kier molecular flexibility index (Phi) is 6.62. The predicted octanol–water partition coefficient (Wildman–Crippen LogP) is 6.25. The van der Waals surface area contributed by atoms with E-state index in [9.17, 15) is 18.4 Å². The summed E-state index contributed by atoms with van der Waals surface area (Å²) in [4.78, 5) is 25.2. The molecule has 3 rings (SSSR count). The largest absolute Gasteiger partial charge is 0.462 e. The highest BCUT2D eigenvalue weighted by Crippen LogP contribution is 2.37. The first kappa shape index (κ1) is 21.6. The van der Waals surface area contributed by atoms with Gasteiger partial charge in [0.2, 0.25) is 0 Å². The van der Waals surface area contributed by atoms with Crippen LogP contribution in [0.3, 0.4) is 0 Å². The number of anilines is 1. The first-order valence-corrected chi connectivity index (χ1v) is 10.3. The third-order valence-corrected chi connectivity index (χ3v) is 5.46. The number of carbonyl (C=O) groups is 2. The Morgan fingerprint density at radius 2 is 1.77 bits per heavy atom. The molecule has 1 heterocycles. The maximum Gasteiger partial charge on any atom is 0.341 e. The van der Waals surface area contributed by atoms with E-state index < -0.39 is 23.5 Å². The fraction of sp³-hybridized carbons (Fsp3) is 0.217. The Hall–Kier alpha value is -3.06. The molecule has 3 aromatic rings. The summed E-state index contributed by atoms with van der Waals surface area (Å²) in [5.74, 6) is -3.00. The van der Waals surface area contributed by atoms with E-state index in [1.54, 1.807) is 12.3 Å². The van der Waals surface area contributed by atoms with E-state index in [0.717, 1.165) is 17.7 Å². The molecule has 1 N–H and O–H groups in total. The van der Waals surface area contributed by atoms with Crippen LogP contribution in [0, 0.1) is 11.6 Å². The number of hydrogen-bond acceptors (Lipinski definition) is 4. The Morgan fingerprint density at radius 3 is 2.37 bits per heavy atom. The molecule has 2 aromatic carbocycles. The van der Waals surface area contributed by atoms with Crippen molar-refractivity contribution in [2.75, 3.05) is 11.9 Å². The van der Waals surface area contributed by atoms with Crippen molar-refractivity contribution in [3.8, 4) is 11.1 Å². The molecule has 0 spiro atoms. The van der Waals surface area contributed by atoms with E-state index in [-0.39, 0.29) is 22.7 Å². The van der Waals surface area contributed by atoms with Gasteiger partial charge < -0.3 is 10.1 Å². The molecule has 0 atom stereocenters. The predicted molar refractivity (Wildman–Crippen MR) is 114 cm³/mol. The summed E-state index contributed by atoms with van der Waals surface area (Å²) < 4.78 is 31.8. The summed E-state index contributed by atoms with van der Waals surface area (Å²) in [6, 6.07) is 10.7. The summed E-state index contributed by atoms with van der Waals surface area (Å²) in [7, 11) is 0. The lowest BCUT2D eigenvalue weighted by molar-refractivity contribution is 0.0529. The van der Waals surface area contributed by atoms with Gasteiger partial charge in [0, 0.05) is 16.5 Å². The summed E-state index contributed by atoms with van der Waals surface area (Å²) in [5, 5.41) is 4.67. The van der Waals surface area contributed by atoms with Gasteiger partial charge in [0.25, 0.3) is 5.91 Å². The second-order valence-electron chi connectivity index (χ2n) is 6.93. The van der Waals surface area contributed by atoms with Crippen LogP contribution in [0.2, 0.25) is 0 Å². The fourth-order valence-corrected chi connectivity index (χ4v) is 3.88. The molecule has 1 amide bonds. The second-order valence-corrected chi connectivity index (χ2v) is 7.81. The van der Waals surface area contributed by atoms with Crippen LogP contribution < -0.4 is 5.32 Å². The molecule has 0 fully saturated rings. The number of amides is 1. The number of ether oxygens (including phenoxy) is 1. The van der Waals surface area contributed by atoms with Crippen LogP contribution in [0.25, 0.3) is 11.1 Å². The van der Waals surface area contributed by atoms with Crippen LogP contribution >= 0.6 is 11.3 Å². The normalized spacial score (nSPS) is 10.9. The van der Waals surface area contributed by atoms with Gasteiger partial charge in [-0.15, -0.1) is 11.3 Å². The molecule has 4 nitrogen and oxygen atoms in total. The number of carbonyl (C=O) groups excluding carboxylic acids is 2. The highest BCUT2D eigenvalue weighted by Gasteiger charge is 2.23. The van der Waals surface area contributed by atoms with E-state index in [4.69, 9.17) is 4.74 Å². The van der Waals surface area contributed by atoms with Crippen LogP contribution in [0.5, 0.6) is 0 Å². The molecule has 0 aliphatic rings. The standard InChI is InChI=1S/C23H21F2NO3S/c1-4-29-23(28)20-17(15-7-5-14(6-8-15)13(2)3)12-30-22(20)26-21(27)16-9-10-18(24)19(25)11-16/h5-13H,4H2,1-3H3,(H,26,27). The van der Waals surface area contributed by atoms with Gasteiger partial charge in [0.1, 0.15) is 10.6 Å². The van der Waals surface area contributed by atoms with E-state index in [1.807, 2.05) is 24.3 Å². The highest BCUT2D eigenvalue weighted by atomic mass is 32.1. The number of benzene rings is 2. The quantitative estimate of drug-likeness (QED) is 0.472. The van der Waals surface area contributed by atoms with E-state index in [1.165, 1.54) is 23.0 Å². The number of nitrogens with one attached hydrogen (secondary N) is 1. The lowest BCUT2D eigenvalue weighted by Crippen LogP contribution is -2.15. The average molecular weight is 429 g/mol. The topological polar surface area (TPSA) is 55.4 Å². The van der Waals surface area contributed by atoms with Crippen molar-refractivity contribution < 1.29 is 23.1 Å². The Balaban J connectivity index is 1.97. The minimum Gasteiger partial charge on any atom is -0.462 e. The molecule has 0 aliphatic heterocycles. The maximum absolute atomic E-state index is 13.5. The fourth-order valence-electron chi connectivity index (χ4n) is 2.93. The zero-order valence-corrected chi connectivity index (χ0v) is 17.6. The molecule has 0 unspecified atom stereocenters. The van der Waals surface area contributed by atoms with Crippen molar-refractivity contribution in [2.45, 2.75) is 26.7 Å². The minimum absolute atomic E-state index is 0.0556. The van der Waals surface area contributed by atoms with Crippen molar-refractivity contribution >= 4 is 28.2 Å². The van der Waals surface area contributed by atoms with Crippen molar-refractivity contribution in [3.05, 3.63) is 76.2 Å². The van der Waals surface area contributed by atoms with Gasteiger partial charge in [0.15, 0.2) is 11.6 Å². The molecule has 0 aliphatic carbocycles. The van der Waals surface area contributed by atoms with Crippen molar-refractivity contribution in [1.29, 1.82) is 0 Å². The van der Waals surface area contributed by atoms with E-state index >= 15 is 0 Å². The van der Waals surface area contributed by atoms with Gasteiger partial charge in [-0.3, -0.25) is 4.79 Å². The Morgan fingerprint density at radius 1 is 1.07 bits per heavy atom. The van der Waals surface area contributed by atoms with Crippen LogP contribution in [0.4, 0.5) is 13.8 Å². The molecule has 30 heavy (non-hydrogen) atoms. The zero-order valence-electron chi connectivity index (χ0n) is 16.8.